The minimum atomic E-state index is -0.444. The van der Waals surface area contributed by atoms with Gasteiger partial charge in [0, 0.05) is 12.1 Å². The van der Waals surface area contributed by atoms with Crippen molar-refractivity contribution in [3.63, 3.8) is 0 Å². The van der Waals surface area contributed by atoms with Crippen LogP contribution in [-0.4, -0.2) is 34.7 Å². The first-order valence-corrected chi connectivity index (χ1v) is 8.18. The van der Waals surface area contributed by atoms with Crippen LogP contribution in [0.4, 0.5) is 5.69 Å². The second-order valence-electron chi connectivity index (χ2n) is 5.36. The molecular formula is C16H18Cl2N4O3. The number of rotatable bonds is 6. The van der Waals surface area contributed by atoms with Gasteiger partial charge in [-0.15, -0.1) is 0 Å². The number of nitrogens with one attached hydrogen (secondary N) is 2. The number of benzene rings is 1. The maximum Gasteiger partial charge on any atom is 0.258 e. The number of hydrogen-bond acceptors (Lipinski definition) is 4. The summed E-state index contributed by atoms with van der Waals surface area (Å²) in [6, 6.07) is 4.69. The molecule has 1 aromatic heterocycles. The molecule has 0 saturated heterocycles. The summed E-state index contributed by atoms with van der Waals surface area (Å²) in [6.45, 7) is 3.20. The van der Waals surface area contributed by atoms with E-state index in [1.54, 1.807) is 30.8 Å². The highest BCUT2D eigenvalue weighted by Gasteiger charge is 2.13. The summed E-state index contributed by atoms with van der Waals surface area (Å²) in [5.74, 6) is -0.454. The molecule has 0 atom stereocenters. The van der Waals surface area contributed by atoms with Crippen molar-refractivity contribution in [1.82, 2.24) is 15.1 Å². The van der Waals surface area contributed by atoms with E-state index in [0.717, 1.165) is 5.69 Å². The number of ether oxygens (including phenoxy) is 1. The zero-order valence-electron chi connectivity index (χ0n) is 14.0. The van der Waals surface area contributed by atoms with Crippen LogP contribution < -0.4 is 15.4 Å². The molecule has 0 spiro atoms. The lowest BCUT2D eigenvalue weighted by molar-refractivity contribution is -0.125. The number of carbonyl (C=O) groups is 2. The molecular weight excluding hydrogens is 367 g/mol. The number of hydrogen-bond donors (Lipinski definition) is 2. The number of anilines is 1. The van der Waals surface area contributed by atoms with Crippen LogP contribution in [0.2, 0.25) is 10.0 Å². The van der Waals surface area contributed by atoms with Crippen molar-refractivity contribution in [2.24, 2.45) is 7.05 Å². The molecule has 9 heteroatoms. The molecule has 0 aliphatic heterocycles. The predicted molar refractivity (Wildman–Crippen MR) is 96.3 cm³/mol. The first kappa shape index (κ1) is 19.1. The highest BCUT2D eigenvalue weighted by atomic mass is 35.5. The van der Waals surface area contributed by atoms with Gasteiger partial charge in [0.1, 0.15) is 5.75 Å². The zero-order chi connectivity index (χ0) is 18.6. The molecule has 2 N–H and O–H groups in total. The lowest BCUT2D eigenvalue weighted by Crippen LogP contribution is -2.36. The summed E-state index contributed by atoms with van der Waals surface area (Å²) in [6.07, 6.45) is 0. The van der Waals surface area contributed by atoms with E-state index in [1.807, 2.05) is 6.92 Å². The van der Waals surface area contributed by atoms with Crippen LogP contribution in [0.25, 0.3) is 0 Å². The van der Waals surface area contributed by atoms with E-state index in [0.29, 0.717) is 27.2 Å². The van der Waals surface area contributed by atoms with Gasteiger partial charge in [0.15, 0.2) is 6.61 Å². The molecule has 0 fully saturated rings. The highest BCUT2D eigenvalue weighted by molar-refractivity contribution is 6.35. The Labute approximate surface area is 155 Å². The molecule has 0 unspecified atom stereocenters. The molecule has 2 aromatic rings. The van der Waals surface area contributed by atoms with Gasteiger partial charge < -0.3 is 15.4 Å². The molecule has 0 bridgehead atoms. The first-order valence-electron chi connectivity index (χ1n) is 7.42. The third-order valence-corrected chi connectivity index (χ3v) is 4.00. The molecule has 0 saturated carbocycles. The van der Waals surface area contributed by atoms with Crippen LogP contribution in [0.5, 0.6) is 5.75 Å². The average molecular weight is 385 g/mol. The van der Waals surface area contributed by atoms with Gasteiger partial charge in [-0.2, -0.15) is 5.10 Å². The van der Waals surface area contributed by atoms with Crippen LogP contribution in [0.1, 0.15) is 11.4 Å². The molecule has 1 aromatic carbocycles. The summed E-state index contributed by atoms with van der Waals surface area (Å²) in [5, 5.41) is 10.2. The highest BCUT2D eigenvalue weighted by Crippen LogP contribution is 2.27. The van der Waals surface area contributed by atoms with Crippen molar-refractivity contribution in [3.8, 4) is 5.75 Å². The Morgan fingerprint density at radius 2 is 1.96 bits per heavy atom. The van der Waals surface area contributed by atoms with Crippen LogP contribution in [0, 0.1) is 13.8 Å². The van der Waals surface area contributed by atoms with E-state index >= 15 is 0 Å². The smallest absolute Gasteiger partial charge is 0.258 e. The average Bonchev–Trinajstić information content (AvgIpc) is 2.78. The van der Waals surface area contributed by atoms with E-state index in [1.165, 1.54) is 6.07 Å². The van der Waals surface area contributed by atoms with Gasteiger partial charge >= 0.3 is 0 Å². The standard InChI is InChI=1S/C16H18Cl2N4O3/c1-9-16(10(2)22(3)21-9)20-14(23)7-19-15(24)8-25-13-5-4-11(17)6-12(13)18/h4-6H,7-8H2,1-3H3,(H,19,24)(H,20,23). The second-order valence-corrected chi connectivity index (χ2v) is 6.20. The first-order chi connectivity index (χ1) is 11.8. The maximum atomic E-state index is 12.0. The van der Waals surface area contributed by atoms with E-state index in [2.05, 4.69) is 15.7 Å². The van der Waals surface area contributed by atoms with Crippen molar-refractivity contribution < 1.29 is 14.3 Å². The molecule has 2 rings (SSSR count). The Kier molecular flexibility index (Phi) is 6.27. The summed E-state index contributed by atoms with van der Waals surface area (Å²) in [4.78, 5) is 23.7. The van der Waals surface area contributed by atoms with Gasteiger partial charge in [0.05, 0.1) is 28.6 Å². The van der Waals surface area contributed by atoms with Crippen molar-refractivity contribution in [1.29, 1.82) is 0 Å². The zero-order valence-corrected chi connectivity index (χ0v) is 15.5. The number of amides is 2. The quantitative estimate of drug-likeness (QED) is 0.800. The third kappa shape index (κ3) is 5.11. The Hall–Kier alpha value is -2.25. The van der Waals surface area contributed by atoms with E-state index < -0.39 is 5.91 Å². The minimum absolute atomic E-state index is 0.176. The topological polar surface area (TPSA) is 85.3 Å². The largest absolute Gasteiger partial charge is 0.482 e. The minimum Gasteiger partial charge on any atom is -0.482 e. The van der Waals surface area contributed by atoms with Crippen molar-refractivity contribution in [3.05, 3.63) is 39.6 Å². The van der Waals surface area contributed by atoms with Gasteiger partial charge in [-0.25, -0.2) is 0 Å². The Morgan fingerprint density at radius 3 is 2.56 bits per heavy atom. The van der Waals surface area contributed by atoms with E-state index in [-0.39, 0.29) is 19.1 Å². The fourth-order valence-corrected chi connectivity index (χ4v) is 2.57. The number of aryl methyl sites for hydroxylation is 2. The summed E-state index contributed by atoms with van der Waals surface area (Å²) < 4.78 is 6.97. The monoisotopic (exact) mass is 384 g/mol. The van der Waals surface area contributed by atoms with Crippen molar-refractivity contribution >= 4 is 40.7 Å². The van der Waals surface area contributed by atoms with Gasteiger partial charge in [0.25, 0.3) is 5.91 Å². The number of aromatic nitrogens is 2. The fraction of sp³-hybridized carbons (Fsp3) is 0.312. The number of nitrogens with zero attached hydrogens (tertiary/aromatic N) is 2. The maximum absolute atomic E-state index is 12.0. The van der Waals surface area contributed by atoms with Crippen LogP contribution >= 0.6 is 23.2 Å². The Balaban J connectivity index is 1.80. The number of carbonyl (C=O) groups excluding carboxylic acids is 2. The Morgan fingerprint density at radius 1 is 1.24 bits per heavy atom. The SMILES string of the molecule is Cc1nn(C)c(C)c1NC(=O)CNC(=O)COc1ccc(Cl)cc1Cl. The molecule has 134 valence electrons. The summed E-state index contributed by atoms with van der Waals surface area (Å²) in [7, 11) is 1.79. The van der Waals surface area contributed by atoms with Gasteiger partial charge in [-0.3, -0.25) is 14.3 Å². The van der Waals surface area contributed by atoms with Gasteiger partial charge in [-0.05, 0) is 32.0 Å². The molecule has 0 radical (unpaired) electrons. The summed E-state index contributed by atoms with van der Waals surface area (Å²) in [5.41, 5.74) is 2.18. The van der Waals surface area contributed by atoms with Crippen LogP contribution in [0.15, 0.2) is 18.2 Å². The lowest BCUT2D eigenvalue weighted by atomic mass is 10.3. The number of halogens is 2. The van der Waals surface area contributed by atoms with Crippen molar-refractivity contribution in [2.45, 2.75) is 13.8 Å². The van der Waals surface area contributed by atoms with Crippen molar-refractivity contribution in [2.75, 3.05) is 18.5 Å². The third-order valence-electron chi connectivity index (χ3n) is 3.47. The molecule has 2 amide bonds. The fourth-order valence-electron chi connectivity index (χ4n) is 2.10. The van der Waals surface area contributed by atoms with Crippen LogP contribution in [0.3, 0.4) is 0 Å². The normalized spacial score (nSPS) is 10.4. The van der Waals surface area contributed by atoms with Crippen LogP contribution in [-0.2, 0) is 16.6 Å². The molecule has 1 heterocycles. The van der Waals surface area contributed by atoms with E-state index in [9.17, 15) is 9.59 Å². The second kappa shape index (κ2) is 8.22. The van der Waals surface area contributed by atoms with Gasteiger partial charge in [-0.1, -0.05) is 23.2 Å². The molecule has 7 nitrogen and oxygen atoms in total. The Bertz CT molecular complexity index is 805. The molecule has 25 heavy (non-hydrogen) atoms. The predicted octanol–water partition coefficient (Wildman–Crippen LogP) is 2.48. The lowest BCUT2D eigenvalue weighted by Gasteiger charge is -2.09. The molecule has 0 aliphatic rings. The van der Waals surface area contributed by atoms with Gasteiger partial charge in [0.2, 0.25) is 5.91 Å². The van der Waals surface area contributed by atoms with E-state index in [4.69, 9.17) is 27.9 Å². The molecule has 0 aliphatic carbocycles. The summed E-state index contributed by atoms with van der Waals surface area (Å²) >= 11 is 11.7.